The first-order chi connectivity index (χ1) is 27.6. The summed E-state index contributed by atoms with van der Waals surface area (Å²) >= 11 is 1.88. The van der Waals surface area contributed by atoms with Gasteiger partial charge in [0.2, 0.25) is 20.0 Å². The van der Waals surface area contributed by atoms with Gasteiger partial charge >= 0.3 is 12.2 Å². The van der Waals surface area contributed by atoms with E-state index >= 15 is 8.42 Å². The molecular formula is C36H39IN8O11S2. The van der Waals surface area contributed by atoms with Crippen LogP contribution in [0.3, 0.4) is 0 Å². The number of hydrogen-bond acceptors (Lipinski definition) is 12. The van der Waals surface area contributed by atoms with Gasteiger partial charge in [0.05, 0.1) is 39.5 Å². The summed E-state index contributed by atoms with van der Waals surface area (Å²) in [5.41, 5.74) is 1.65. The van der Waals surface area contributed by atoms with E-state index in [1.807, 2.05) is 33.2 Å². The van der Waals surface area contributed by atoms with Crippen LogP contribution < -0.4 is 29.6 Å². The van der Waals surface area contributed by atoms with E-state index in [4.69, 9.17) is 14.2 Å². The molecule has 0 aliphatic carbocycles. The number of halogens is 1. The molecule has 0 aliphatic heterocycles. The number of nitrogens with one attached hydrogen (secondary N) is 3. The normalized spacial score (nSPS) is 11.7. The Morgan fingerprint density at radius 2 is 1.21 bits per heavy atom. The second kappa shape index (κ2) is 19.3. The van der Waals surface area contributed by atoms with Crippen molar-refractivity contribution in [3.05, 3.63) is 105 Å². The number of ether oxygens (including phenoxy) is 3. The van der Waals surface area contributed by atoms with Gasteiger partial charge in [-0.25, -0.2) is 35.8 Å². The molecule has 0 bridgehead atoms. The highest BCUT2D eigenvalue weighted by atomic mass is 127. The lowest BCUT2D eigenvalue weighted by atomic mass is 10.2. The van der Waals surface area contributed by atoms with Gasteiger partial charge in [0.15, 0.2) is 5.82 Å². The molecule has 5 rings (SSSR count). The van der Waals surface area contributed by atoms with Crippen LogP contribution in [0.2, 0.25) is 0 Å². The van der Waals surface area contributed by atoms with Gasteiger partial charge in [0.25, 0.3) is 0 Å². The number of rotatable bonds is 19. The molecule has 0 unspecified atom stereocenters. The van der Waals surface area contributed by atoms with Crippen LogP contribution in [0.4, 0.5) is 9.59 Å². The molecule has 58 heavy (non-hydrogen) atoms. The second-order valence-electron chi connectivity index (χ2n) is 12.4. The van der Waals surface area contributed by atoms with E-state index in [2.05, 4.69) is 20.2 Å². The minimum atomic E-state index is -4.93. The molecule has 308 valence electrons. The molecule has 1 heterocycles. The van der Waals surface area contributed by atoms with E-state index in [1.165, 1.54) is 32.1 Å². The molecule has 5 N–H and O–H groups in total. The van der Waals surface area contributed by atoms with Crippen molar-refractivity contribution < 1.29 is 50.8 Å². The zero-order valence-electron chi connectivity index (χ0n) is 31.2. The predicted octanol–water partition coefficient (Wildman–Crippen LogP) is 3.59. The van der Waals surface area contributed by atoms with Gasteiger partial charge in [0.1, 0.15) is 27.0 Å². The van der Waals surface area contributed by atoms with E-state index in [0.717, 1.165) is 10.4 Å². The number of methoxy groups -OCH3 is 3. The van der Waals surface area contributed by atoms with Gasteiger partial charge in [-0.15, -0.1) is 5.10 Å². The summed E-state index contributed by atoms with van der Waals surface area (Å²) in [6.45, 7) is -1.58. The molecule has 4 aromatic carbocycles. The summed E-state index contributed by atoms with van der Waals surface area (Å²) in [6.07, 6.45) is -3.01. The molecule has 19 nitrogen and oxygen atoms in total. The molecule has 0 aliphatic rings. The van der Waals surface area contributed by atoms with Gasteiger partial charge in [-0.1, -0.05) is 36.4 Å². The SMILES string of the molecule is COc1ccc(CN(Cc2ccc(OC)cc2)S(=O)(=O)c2c(S(=O)(=O)NC(CNC(=O)O)CNC(=O)O)ccc(I)c2-c2nnnn2Cc2ccc(OC)cc2)cc1. The Morgan fingerprint density at radius 1 is 0.741 bits per heavy atom. The van der Waals surface area contributed by atoms with E-state index in [0.29, 0.717) is 33.9 Å². The molecule has 0 saturated carbocycles. The van der Waals surface area contributed by atoms with Crippen molar-refractivity contribution >= 4 is 54.8 Å². The third-order valence-electron chi connectivity index (χ3n) is 8.56. The Morgan fingerprint density at radius 3 is 1.66 bits per heavy atom. The van der Waals surface area contributed by atoms with Crippen LogP contribution in [-0.4, -0.2) is 104 Å². The minimum Gasteiger partial charge on any atom is -0.497 e. The zero-order chi connectivity index (χ0) is 42.0. The van der Waals surface area contributed by atoms with Crippen LogP contribution in [0.15, 0.2) is 94.7 Å². The fourth-order valence-electron chi connectivity index (χ4n) is 5.69. The maximum absolute atomic E-state index is 15.5. The number of sulfonamides is 2. The van der Waals surface area contributed by atoms with Crippen molar-refractivity contribution in [3.8, 4) is 28.6 Å². The van der Waals surface area contributed by atoms with Gasteiger partial charge in [-0.05, 0) is 98.2 Å². The van der Waals surface area contributed by atoms with Crippen molar-refractivity contribution in [3.63, 3.8) is 0 Å². The van der Waals surface area contributed by atoms with Crippen LogP contribution in [0, 0.1) is 3.57 Å². The standard InChI is InChI=1S/C36H39IN8O11S2/c1-54-27-10-4-23(5-11-27)20-44(21-24-6-12-28(55-2)13-7-24)58(52,53)33-31(57(50,51)41-26(18-38-35(46)47)19-39-36(48)49)17-16-30(37)32(33)34-40-42-43-45(34)22-25-8-14-29(56-3)15-9-25/h4-17,26,38-39,41H,18-22H2,1-3H3,(H,46,47)(H,48,49). The monoisotopic (exact) mass is 950 g/mol. The minimum absolute atomic E-state index is 0.0440. The summed E-state index contributed by atoms with van der Waals surface area (Å²) in [4.78, 5) is 21.3. The maximum Gasteiger partial charge on any atom is 0.404 e. The Labute approximate surface area is 347 Å². The molecule has 5 aromatic rings. The van der Waals surface area contributed by atoms with E-state index in [1.54, 1.807) is 72.8 Å². The molecule has 22 heteroatoms. The van der Waals surface area contributed by atoms with Crippen LogP contribution >= 0.6 is 22.6 Å². The molecule has 0 atom stereocenters. The Hall–Kier alpha value is -5.56. The highest BCUT2D eigenvalue weighted by Crippen LogP contribution is 2.38. The lowest BCUT2D eigenvalue weighted by Crippen LogP contribution is -2.49. The highest BCUT2D eigenvalue weighted by molar-refractivity contribution is 14.1. The first-order valence-electron chi connectivity index (χ1n) is 17.1. The lowest BCUT2D eigenvalue weighted by Gasteiger charge is -2.27. The third-order valence-corrected chi connectivity index (χ3v) is 13.0. The van der Waals surface area contributed by atoms with Crippen LogP contribution in [-0.2, 0) is 39.7 Å². The van der Waals surface area contributed by atoms with Crippen molar-refractivity contribution in [2.45, 2.75) is 35.5 Å². The fourth-order valence-corrected chi connectivity index (χ4v) is 10.2. The summed E-state index contributed by atoms with van der Waals surface area (Å²) in [5.74, 6) is 1.57. The first kappa shape index (κ1) is 43.6. The molecule has 1 aromatic heterocycles. The van der Waals surface area contributed by atoms with Crippen molar-refractivity contribution in [1.82, 2.24) is 39.9 Å². The molecule has 0 saturated heterocycles. The number of amides is 2. The Balaban J connectivity index is 1.73. The number of hydrogen-bond donors (Lipinski definition) is 5. The molecule has 0 spiro atoms. The Bertz CT molecular complexity index is 2370. The molecular weight excluding hydrogens is 911 g/mol. The highest BCUT2D eigenvalue weighted by Gasteiger charge is 2.38. The zero-order valence-corrected chi connectivity index (χ0v) is 35.0. The van der Waals surface area contributed by atoms with Gasteiger partial charge in [-0.2, -0.15) is 4.31 Å². The summed E-state index contributed by atoms with van der Waals surface area (Å²) < 4.78 is 80.8. The fraction of sp³-hybridized carbons (Fsp3) is 0.250. The van der Waals surface area contributed by atoms with Gasteiger partial charge in [-0.3, -0.25) is 0 Å². The molecule has 2 amide bonds. The number of tetrazole rings is 1. The molecule has 0 fully saturated rings. The van der Waals surface area contributed by atoms with E-state index < -0.39 is 61.2 Å². The van der Waals surface area contributed by atoms with Crippen LogP contribution in [0.1, 0.15) is 16.7 Å². The largest absolute Gasteiger partial charge is 0.497 e. The van der Waals surface area contributed by atoms with Crippen molar-refractivity contribution in [2.75, 3.05) is 34.4 Å². The smallest absolute Gasteiger partial charge is 0.404 e. The Kier molecular flexibility index (Phi) is 14.5. The topological polar surface area (TPSA) is 253 Å². The summed E-state index contributed by atoms with van der Waals surface area (Å²) in [7, 11) is -5.32. The number of aromatic nitrogens is 4. The quantitative estimate of drug-likeness (QED) is 0.0743. The lowest BCUT2D eigenvalue weighted by molar-refractivity contribution is 0.191. The summed E-state index contributed by atoms with van der Waals surface area (Å²) in [5, 5.41) is 34.7. The average molecular weight is 951 g/mol. The number of nitrogens with zero attached hydrogens (tertiary/aromatic N) is 5. The van der Waals surface area contributed by atoms with Gasteiger partial charge < -0.3 is 35.1 Å². The number of carbonyl (C=O) groups is 2. The van der Waals surface area contributed by atoms with E-state index in [-0.39, 0.29) is 34.6 Å². The summed E-state index contributed by atoms with van der Waals surface area (Å²) in [6, 6.07) is 21.4. The van der Waals surface area contributed by atoms with Crippen LogP contribution in [0.5, 0.6) is 17.2 Å². The maximum atomic E-state index is 15.5. The van der Waals surface area contributed by atoms with Crippen molar-refractivity contribution in [1.29, 1.82) is 0 Å². The number of benzene rings is 4. The van der Waals surface area contributed by atoms with Crippen LogP contribution in [0.25, 0.3) is 11.4 Å². The van der Waals surface area contributed by atoms with E-state index in [9.17, 15) is 28.2 Å². The van der Waals surface area contributed by atoms with Crippen molar-refractivity contribution in [2.24, 2.45) is 0 Å². The second-order valence-corrected chi connectivity index (χ2v) is 17.1. The first-order valence-corrected chi connectivity index (χ1v) is 21.1. The third kappa shape index (κ3) is 10.9. The molecule has 0 radical (unpaired) electrons. The predicted molar refractivity (Wildman–Crippen MR) is 217 cm³/mol. The number of carboxylic acid groups (broad SMARTS) is 2. The average Bonchev–Trinajstić information content (AvgIpc) is 3.66. The van der Waals surface area contributed by atoms with Gasteiger partial charge in [0, 0.05) is 29.7 Å².